The minimum atomic E-state index is -4.42. The highest BCUT2D eigenvalue weighted by Crippen LogP contribution is 2.29. The van der Waals surface area contributed by atoms with Crippen molar-refractivity contribution < 1.29 is 22.7 Å². The van der Waals surface area contributed by atoms with Gasteiger partial charge < -0.3 is 4.74 Å². The molecule has 0 aliphatic carbocycles. The summed E-state index contributed by atoms with van der Waals surface area (Å²) in [6.07, 6.45) is -4.42. The van der Waals surface area contributed by atoms with Crippen LogP contribution in [0.15, 0.2) is 48.5 Å². The Morgan fingerprint density at radius 3 is 2.10 bits per heavy atom. The van der Waals surface area contributed by atoms with Crippen LogP contribution in [0.2, 0.25) is 5.02 Å². The van der Waals surface area contributed by atoms with E-state index in [1.165, 1.54) is 0 Å². The highest BCUT2D eigenvalue weighted by Gasteiger charge is 2.30. The van der Waals surface area contributed by atoms with E-state index in [0.717, 1.165) is 24.3 Å². The molecule has 0 aromatic heterocycles. The first-order chi connectivity index (χ1) is 9.86. The smallest absolute Gasteiger partial charge is 0.416 e. The summed E-state index contributed by atoms with van der Waals surface area (Å²) < 4.78 is 42.5. The zero-order valence-electron chi connectivity index (χ0n) is 10.7. The molecule has 0 saturated heterocycles. The van der Waals surface area contributed by atoms with Crippen LogP contribution in [0, 0.1) is 0 Å². The van der Waals surface area contributed by atoms with Crippen LogP contribution < -0.4 is 4.74 Å². The molecule has 2 aromatic rings. The van der Waals surface area contributed by atoms with Gasteiger partial charge in [0.15, 0.2) is 12.4 Å². The van der Waals surface area contributed by atoms with E-state index in [-0.39, 0.29) is 12.2 Å². The van der Waals surface area contributed by atoms with Crippen molar-refractivity contribution in [2.75, 3.05) is 6.61 Å². The third kappa shape index (κ3) is 4.23. The number of carbonyl (C=O) groups is 1. The van der Waals surface area contributed by atoms with Gasteiger partial charge >= 0.3 is 6.18 Å². The molecule has 0 N–H and O–H groups in total. The lowest BCUT2D eigenvalue weighted by Gasteiger charge is -2.08. The van der Waals surface area contributed by atoms with E-state index in [4.69, 9.17) is 16.3 Å². The van der Waals surface area contributed by atoms with Crippen molar-refractivity contribution in [2.45, 2.75) is 6.18 Å². The average Bonchev–Trinajstić information content (AvgIpc) is 2.45. The summed E-state index contributed by atoms with van der Waals surface area (Å²) >= 11 is 5.71. The van der Waals surface area contributed by atoms with Crippen LogP contribution in [-0.2, 0) is 6.18 Å². The summed E-state index contributed by atoms with van der Waals surface area (Å²) in [5, 5.41) is 0.538. The summed E-state index contributed by atoms with van der Waals surface area (Å²) in [4.78, 5) is 11.8. The van der Waals surface area contributed by atoms with Gasteiger partial charge in [-0.1, -0.05) is 23.7 Å². The molecule has 0 aliphatic heterocycles. The van der Waals surface area contributed by atoms with Crippen molar-refractivity contribution in [3.8, 4) is 5.75 Å². The lowest BCUT2D eigenvalue weighted by molar-refractivity contribution is -0.137. The van der Waals surface area contributed by atoms with Crippen LogP contribution in [0.25, 0.3) is 0 Å². The van der Waals surface area contributed by atoms with Crippen LogP contribution in [0.1, 0.15) is 15.9 Å². The van der Waals surface area contributed by atoms with Crippen LogP contribution >= 0.6 is 11.6 Å². The molecule has 0 radical (unpaired) electrons. The van der Waals surface area contributed by atoms with Crippen LogP contribution in [-0.4, -0.2) is 12.4 Å². The van der Waals surface area contributed by atoms with Gasteiger partial charge in [0.2, 0.25) is 0 Å². The number of ketones is 1. The molecule has 2 aromatic carbocycles. The summed E-state index contributed by atoms with van der Waals surface area (Å²) in [7, 11) is 0. The fourth-order valence-corrected chi connectivity index (χ4v) is 1.73. The van der Waals surface area contributed by atoms with E-state index in [1.54, 1.807) is 24.3 Å². The normalized spacial score (nSPS) is 11.2. The Balaban J connectivity index is 1.99. The van der Waals surface area contributed by atoms with Gasteiger partial charge in [-0.15, -0.1) is 0 Å². The van der Waals surface area contributed by atoms with E-state index in [9.17, 15) is 18.0 Å². The second-order valence-electron chi connectivity index (χ2n) is 4.24. The van der Waals surface area contributed by atoms with Crippen LogP contribution in [0.4, 0.5) is 13.2 Å². The Morgan fingerprint density at radius 1 is 1.00 bits per heavy atom. The van der Waals surface area contributed by atoms with Crippen molar-refractivity contribution in [3.63, 3.8) is 0 Å². The van der Waals surface area contributed by atoms with Gasteiger partial charge in [0.05, 0.1) is 5.56 Å². The Morgan fingerprint density at radius 2 is 1.57 bits per heavy atom. The Bertz CT molecular complexity index is 619. The monoisotopic (exact) mass is 314 g/mol. The number of rotatable bonds is 4. The van der Waals surface area contributed by atoms with Gasteiger partial charge in [0.25, 0.3) is 0 Å². The molecule has 0 aliphatic rings. The van der Waals surface area contributed by atoms with Crippen molar-refractivity contribution >= 4 is 17.4 Å². The fourth-order valence-electron chi connectivity index (χ4n) is 1.61. The molecule has 6 heteroatoms. The number of benzene rings is 2. The van der Waals surface area contributed by atoms with Gasteiger partial charge in [0.1, 0.15) is 5.75 Å². The van der Waals surface area contributed by atoms with E-state index in [0.29, 0.717) is 10.8 Å². The van der Waals surface area contributed by atoms with Crippen LogP contribution in [0.3, 0.4) is 0 Å². The molecular weight excluding hydrogens is 305 g/mol. The first-order valence-electron chi connectivity index (χ1n) is 5.95. The summed E-state index contributed by atoms with van der Waals surface area (Å²) in [6.45, 7) is -0.257. The van der Waals surface area contributed by atoms with Gasteiger partial charge in [-0.2, -0.15) is 13.2 Å². The van der Waals surface area contributed by atoms with Crippen LogP contribution in [0.5, 0.6) is 5.75 Å². The van der Waals surface area contributed by atoms with Gasteiger partial charge in [-0.05, 0) is 36.4 Å². The second kappa shape index (κ2) is 6.18. The molecular formula is C15H10ClF3O2. The number of hydrogen-bond donors (Lipinski definition) is 0. The molecule has 21 heavy (non-hydrogen) atoms. The zero-order chi connectivity index (χ0) is 15.5. The molecule has 2 rings (SSSR count). The number of ether oxygens (including phenoxy) is 1. The van der Waals surface area contributed by atoms with E-state index in [2.05, 4.69) is 0 Å². The number of carbonyl (C=O) groups excluding carboxylic acids is 1. The lowest BCUT2D eigenvalue weighted by Crippen LogP contribution is -2.12. The van der Waals surface area contributed by atoms with E-state index < -0.39 is 17.5 Å². The predicted octanol–water partition coefficient (Wildman–Crippen LogP) is 4.62. The standard InChI is InChI=1S/C15H10ClF3O2/c16-12-5-7-13(8-6-12)21-9-14(20)10-1-3-11(4-2-10)15(17,18)19/h1-8H,9H2. The Labute approximate surface area is 124 Å². The van der Waals surface area contributed by atoms with Crippen molar-refractivity contribution in [1.29, 1.82) is 0 Å². The Kier molecular flexibility index (Phi) is 4.53. The summed E-state index contributed by atoms with van der Waals surface area (Å²) in [6, 6.07) is 10.4. The molecule has 0 unspecified atom stereocenters. The summed E-state index contributed by atoms with van der Waals surface area (Å²) in [5.74, 6) is 0.0540. The summed E-state index contributed by atoms with van der Waals surface area (Å²) in [5.41, 5.74) is -0.630. The molecule has 110 valence electrons. The maximum atomic E-state index is 12.4. The molecule has 0 fully saturated rings. The third-order valence-electron chi connectivity index (χ3n) is 2.72. The van der Waals surface area contributed by atoms with Gasteiger partial charge in [-0.25, -0.2) is 0 Å². The minimum Gasteiger partial charge on any atom is -0.485 e. The number of halogens is 4. The highest BCUT2D eigenvalue weighted by molar-refractivity contribution is 6.30. The maximum absolute atomic E-state index is 12.4. The van der Waals surface area contributed by atoms with Gasteiger partial charge in [-0.3, -0.25) is 4.79 Å². The largest absolute Gasteiger partial charge is 0.485 e. The van der Waals surface area contributed by atoms with E-state index >= 15 is 0 Å². The number of alkyl halides is 3. The molecule has 0 saturated carbocycles. The third-order valence-corrected chi connectivity index (χ3v) is 2.97. The number of Topliss-reactive ketones (excluding diaryl/α,β-unsaturated/α-hetero) is 1. The fraction of sp³-hybridized carbons (Fsp3) is 0.133. The minimum absolute atomic E-state index is 0.164. The average molecular weight is 315 g/mol. The Hall–Kier alpha value is -2.01. The molecule has 0 spiro atoms. The lowest BCUT2D eigenvalue weighted by atomic mass is 10.1. The maximum Gasteiger partial charge on any atom is 0.416 e. The predicted molar refractivity (Wildman–Crippen MR) is 72.7 cm³/mol. The molecule has 0 bridgehead atoms. The van der Waals surface area contributed by atoms with E-state index in [1.807, 2.05) is 0 Å². The first-order valence-corrected chi connectivity index (χ1v) is 6.33. The molecule has 0 heterocycles. The number of hydrogen-bond acceptors (Lipinski definition) is 2. The quantitative estimate of drug-likeness (QED) is 0.770. The highest BCUT2D eigenvalue weighted by atomic mass is 35.5. The SMILES string of the molecule is O=C(COc1ccc(Cl)cc1)c1ccc(C(F)(F)F)cc1. The first kappa shape index (κ1) is 15.4. The molecule has 2 nitrogen and oxygen atoms in total. The van der Waals surface area contributed by atoms with Gasteiger partial charge in [0, 0.05) is 10.6 Å². The van der Waals surface area contributed by atoms with Crippen molar-refractivity contribution in [1.82, 2.24) is 0 Å². The molecule has 0 atom stereocenters. The second-order valence-corrected chi connectivity index (χ2v) is 4.68. The zero-order valence-corrected chi connectivity index (χ0v) is 11.4. The van der Waals surface area contributed by atoms with Crippen molar-refractivity contribution in [3.05, 3.63) is 64.7 Å². The topological polar surface area (TPSA) is 26.3 Å². The molecule has 0 amide bonds. The van der Waals surface area contributed by atoms with Crippen molar-refractivity contribution in [2.24, 2.45) is 0 Å².